The van der Waals surface area contributed by atoms with Gasteiger partial charge in [0.05, 0.1) is 26.4 Å². The van der Waals surface area contributed by atoms with Crippen molar-refractivity contribution < 1.29 is 24.9 Å². The molecule has 0 bridgehead atoms. The molecule has 0 fully saturated rings. The van der Waals surface area contributed by atoms with Crippen molar-refractivity contribution in [3.63, 3.8) is 0 Å². The molecule has 0 aliphatic heterocycles. The van der Waals surface area contributed by atoms with E-state index in [1.807, 2.05) is 0 Å². The molecular weight excluding hydrogens is 344 g/mol. The third-order valence-electron chi connectivity index (χ3n) is 2.83. The first kappa shape index (κ1) is 17.6. The van der Waals surface area contributed by atoms with E-state index in [1.54, 1.807) is 24.3 Å². The second-order valence-electron chi connectivity index (χ2n) is 4.49. The lowest BCUT2D eigenvalue weighted by atomic mass is 10.0. The molecule has 2 amide bonds. The third-order valence-corrected chi connectivity index (χ3v) is 3.36. The summed E-state index contributed by atoms with van der Waals surface area (Å²) in [6.07, 6.45) is 0. The highest BCUT2D eigenvalue weighted by Gasteiger charge is 2.29. The SMILES string of the molecule is O=C(CNC(=O)c1ccc(Br)cc1)NC(CO)(CO)CO. The molecule has 1 aromatic rings. The van der Waals surface area contributed by atoms with E-state index >= 15 is 0 Å². The van der Waals surface area contributed by atoms with Crippen LogP contribution >= 0.6 is 15.9 Å². The zero-order valence-corrected chi connectivity index (χ0v) is 12.8. The van der Waals surface area contributed by atoms with Gasteiger partial charge in [-0.1, -0.05) is 15.9 Å². The molecule has 0 aromatic heterocycles. The van der Waals surface area contributed by atoms with Crippen molar-refractivity contribution in [3.8, 4) is 0 Å². The van der Waals surface area contributed by atoms with Crippen LogP contribution in [0, 0.1) is 0 Å². The Morgan fingerprint density at radius 2 is 1.57 bits per heavy atom. The van der Waals surface area contributed by atoms with Crippen molar-refractivity contribution in [2.45, 2.75) is 5.54 Å². The van der Waals surface area contributed by atoms with Gasteiger partial charge < -0.3 is 26.0 Å². The number of halogens is 1. The van der Waals surface area contributed by atoms with Crippen molar-refractivity contribution in [3.05, 3.63) is 34.3 Å². The van der Waals surface area contributed by atoms with Crippen molar-refractivity contribution in [1.29, 1.82) is 0 Å². The first-order valence-corrected chi connectivity index (χ1v) is 6.93. The molecule has 116 valence electrons. The van der Waals surface area contributed by atoms with E-state index in [0.29, 0.717) is 5.56 Å². The Morgan fingerprint density at radius 3 is 2.05 bits per heavy atom. The maximum atomic E-state index is 11.8. The van der Waals surface area contributed by atoms with Gasteiger partial charge in [-0.05, 0) is 24.3 Å². The summed E-state index contributed by atoms with van der Waals surface area (Å²) in [5.74, 6) is -1.06. The van der Waals surface area contributed by atoms with Crippen LogP contribution in [0.5, 0.6) is 0 Å². The topological polar surface area (TPSA) is 119 Å². The van der Waals surface area contributed by atoms with E-state index in [-0.39, 0.29) is 6.54 Å². The van der Waals surface area contributed by atoms with E-state index in [4.69, 9.17) is 15.3 Å². The fraction of sp³-hybridized carbons (Fsp3) is 0.385. The lowest BCUT2D eigenvalue weighted by molar-refractivity contribution is -0.124. The van der Waals surface area contributed by atoms with Gasteiger partial charge in [0.15, 0.2) is 0 Å². The summed E-state index contributed by atoms with van der Waals surface area (Å²) in [6, 6.07) is 6.58. The summed E-state index contributed by atoms with van der Waals surface area (Å²) < 4.78 is 0.829. The monoisotopic (exact) mass is 360 g/mol. The number of rotatable bonds is 7. The number of hydrogen-bond donors (Lipinski definition) is 5. The molecule has 0 radical (unpaired) electrons. The minimum Gasteiger partial charge on any atom is -0.394 e. The minimum atomic E-state index is -1.50. The van der Waals surface area contributed by atoms with Crippen molar-refractivity contribution >= 4 is 27.7 Å². The smallest absolute Gasteiger partial charge is 0.251 e. The summed E-state index contributed by atoms with van der Waals surface area (Å²) in [6.45, 7) is -2.19. The Hall–Kier alpha value is -1.48. The number of carbonyl (C=O) groups excluding carboxylic acids is 2. The Kier molecular flexibility index (Phi) is 6.76. The first-order chi connectivity index (χ1) is 9.96. The second-order valence-corrected chi connectivity index (χ2v) is 5.41. The third kappa shape index (κ3) is 5.09. The molecule has 0 saturated carbocycles. The molecule has 0 saturated heterocycles. The highest BCUT2D eigenvalue weighted by atomic mass is 79.9. The number of amides is 2. The maximum Gasteiger partial charge on any atom is 0.251 e. The van der Waals surface area contributed by atoms with Gasteiger partial charge in [-0.15, -0.1) is 0 Å². The van der Waals surface area contributed by atoms with E-state index < -0.39 is 37.2 Å². The molecular formula is C13H17BrN2O5. The van der Waals surface area contributed by atoms with Crippen LogP contribution < -0.4 is 10.6 Å². The van der Waals surface area contributed by atoms with Crippen LogP contribution in [0.1, 0.15) is 10.4 Å². The summed E-state index contributed by atoms with van der Waals surface area (Å²) >= 11 is 3.25. The molecule has 0 spiro atoms. The Balaban J connectivity index is 2.53. The van der Waals surface area contributed by atoms with Gasteiger partial charge in [0.25, 0.3) is 5.91 Å². The Morgan fingerprint density at radius 1 is 1.05 bits per heavy atom. The van der Waals surface area contributed by atoms with Crippen LogP contribution in [-0.4, -0.2) is 59.0 Å². The molecule has 0 unspecified atom stereocenters. The quantitative estimate of drug-likeness (QED) is 0.427. The average Bonchev–Trinajstić information content (AvgIpc) is 2.51. The number of carbonyl (C=O) groups is 2. The van der Waals surface area contributed by atoms with E-state index in [2.05, 4.69) is 26.6 Å². The lowest BCUT2D eigenvalue weighted by Gasteiger charge is -2.28. The molecule has 1 rings (SSSR count). The van der Waals surface area contributed by atoms with Crippen LogP contribution in [0.25, 0.3) is 0 Å². The lowest BCUT2D eigenvalue weighted by Crippen LogP contribution is -2.58. The number of hydrogen-bond acceptors (Lipinski definition) is 5. The van der Waals surface area contributed by atoms with Crippen LogP contribution in [0.3, 0.4) is 0 Å². The van der Waals surface area contributed by atoms with Crippen molar-refractivity contribution in [1.82, 2.24) is 10.6 Å². The first-order valence-electron chi connectivity index (χ1n) is 6.14. The molecule has 1 aromatic carbocycles. The van der Waals surface area contributed by atoms with Crippen LogP contribution in [0.4, 0.5) is 0 Å². The molecule has 7 nitrogen and oxygen atoms in total. The maximum absolute atomic E-state index is 11.8. The Bertz CT molecular complexity index is 480. The fourth-order valence-electron chi connectivity index (χ4n) is 1.47. The fourth-order valence-corrected chi connectivity index (χ4v) is 1.74. The summed E-state index contributed by atoms with van der Waals surface area (Å²) in [5.41, 5.74) is -1.11. The van der Waals surface area contributed by atoms with Crippen molar-refractivity contribution in [2.75, 3.05) is 26.4 Å². The van der Waals surface area contributed by atoms with E-state index in [1.165, 1.54) is 0 Å². The normalized spacial score (nSPS) is 11.0. The number of aliphatic hydroxyl groups excluding tert-OH is 3. The molecule has 0 aliphatic carbocycles. The molecule has 0 aliphatic rings. The van der Waals surface area contributed by atoms with Gasteiger partial charge >= 0.3 is 0 Å². The highest BCUT2D eigenvalue weighted by Crippen LogP contribution is 2.10. The van der Waals surface area contributed by atoms with Crippen LogP contribution in [0.2, 0.25) is 0 Å². The molecule has 0 heterocycles. The number of aliphatic hydroxyl groups is 3. The zero-order valence-electron chi connectivity index (χ0n) is 11.2. The van der Waals surface area contributed by atoms with Gasteiger partial charge in [0, 0.05) is 10.0 Å². The molecule has 21 heavy (non-hydrogen) atoms. The highest BCUT2D eigenvalue weighted by molar-refractivity contribution is 9.10. The van der Waals surface area contributed by atoms with Gasteiger partial charge in [-0.25, -0.2) is 0 Å². The minimum absolute atomic E-state index is 0.337. The predicted molar refractivity (Wildman–Crippen MR) is 78.6 cm³/mol. The van der Waals surface area contributed by atoms with Crippen LogP contribution in [0.15, 0.2) is 28.7 Å². The zero-order chi connectivity index (χ0) is 15.9. The largest absolute Gasteiger partial charge is 0.394 e. The number of benzene rings is 1. The summed E-state index contributed by atoms with van der Waals surface area (Å²) in [7, 11) is 0. The molecule has 8 heteroatoms. The van der Waals surface area contributed by atoms with Gasteiger partial charge in [-0.2, -0.15) is 0 Å². The Labute approximate surface area is 130 Å². The van der Waals surface area contributed by atoms with Gasteiger partial charge in [0.2, 0.25) is 5.91 Å². The standard InChI is InChI=1S/C13H17BrN2O5/c14-10-3-1-9(2-4-10)12(21)15-5-11(20)16-13(6-17,7-18)8-19/h1-4,17-19H,5-8H2,(H,15,21)(H,16,20). The summed E-state index contributed by atoms with van der Waals surface area (Å²) in [5, 5.41) is 31.9. The molecule has 5 N–H and O–H groups in total. The van der Waals surface area contributed by atoms with Gasteiger partial charge in [0.1, 0.15) is 5.54 Å². The van der Waals surface area contributed by atoms with E-state index in [9.17, 15) is 9.59 Å². The molecule has 0 atom stereocenters. The summed E-state index contributed by atoms with van der Waals surface area (Å²) in [4.78, 5) is 23.4. The van der Waals surface area contributed by atoms with Crippen molar-refractivity contribution in [2.24, 2.45) is 0 Å². The number of nitrogens with one attached hydrogen (secondary N) is 2. The van der Waals surface area contributed by atoms with Gasteiger partial charge in [-0.3, -0.25) is 9.59 Å². The average molecular weight is 361 g/mol. The predicted octanol–water partition coefficient (Wildman–Crippen LogP) is -0.989. The van der Waals surface area contributed by atoms with Crippen LogP contribution in [-0.2, 0) is 4.79 Å². The van der Waals surface area contributed by atoms with E-state index in [0.717, 1.165) is 4.47 Å². The second kappa shape index (κ2) is 8.08.